The van der Waals surface area contributed by atoms with Gasteiger partial charge in [0.2, 0.25) is 0 Å². The average molecular weight is 143 g/mol. The van der Waals surface area contributed by atoms with Crippen LogP contribution >= 0.6 is 0 Å². The van der Waals surface area contributed by atoms with Crippen LogP contribution in [0.2, 0.25) is 0 Å². The summed E-state index contributed by atoms with van der Waals surface area (Å²) in [5.41, 5.74) is -1.32. The molecule has 0 aliphatic carbocycles. The Bertz CT molecular complexity index is 189. The number of carbonyl (C=O) groups is 2. The third-order valence-electron chi connectivity index (χ3n) is 1.82. The summed E-state index contributed by atoms with van der Waals surface area (Å²) in [5.74, 6) is -1.32. The maximum absolute atomic E-state index is 10.9. The molecule has 0 aromatic rings. The summed E-state index contributed by atoms with van der Waals surface area (Å²) in [4.78, 5) is 21.3. The van der Waals surface area contributed by atoms with Gasteiger partial charge in [-0.3, -0.25) is 10.1 Å². The molecule has 0 radical (unpaired) electrons. The zero-order valence-electron chi connectivity index (χ0n) is 5.68. The van der Waals surface area contributed by atoms with Gasteiger partial charge < -0.3 is 5.11 Å². The second kappa shape index (κ2) is 2.05. The number of carbonyl (C=O) groups excluding carboxylic acids is 1. The number of Topliss-reactive ketones (excluding diaryl/α,β-unsaturated/α-hetero) is 1. The molecule has 4 nitrogen and oxygen atoms in total. The van der Waals surface area contributed by atoms with Crippen molar-refractivity contribution in [2.45, 2.75) is 18.9 Å². The lowest BCUT2D eigenvalue weighted by molar-refractivity contribution is -0.147. The van der Waals surface area contributed by atoms with Crippen molar-refractivity contribution >= 4 is 11.8 Å². The fourth-order valence-corrected chi connectivity index (χ4v) is 0.969. The Morgan fingerprint density at radius 2 is 2.40 bits per heavy atom. The van der Waals surface area contributed by atoms with Crippen molar-refractivity contribution in [3.8, 4) is 0 Å². The molecule has 0 spiro atoms. The molecule has 56 valence electrons. The van der Waals surface area contributed by atoms with E-state index in [1.807, 2.05) is 0 Å². The number of carboxylic acids is 1. The normalized spacial score (nSPS) is 32.7. The van der Waals surface area contributed by atoms with E-state index in [0.29, 0.717) is 13.0 Å². The predicted molar refractivity (Wildman–Crippen MR) is 33.7 cm³/mol. The van der Waals surface area contributed by atoms with Gasteiger partial charge in [-0.05, 0) is 6.92 Å². The topological polar surface area (TPSA) is 66.4 Å². The minimum Gasteiger partial charge on any atom is -0.480 e. The monoisotopic (exact) mass is 143 g/mol. The maximum atomic E-state index is 10.9. The van der Waals surface area contributed by atoms with Gasteiger partial charge in [-0.25, -0.2) is 4.79 Å². The molecule has 0 bridgehead atoms. The van der Waals surface area contributed by atoms with E-state index in [9.17, 15) is 9.59 Å². The van der Waals surface area contributed by atoms with E-state index in [2.05, 4.69) is 5.32 Å². The first kappa shape index (κ1) is 7.21. The second-order valence-electron chi connectivity index (χ2n) is 2.53. The van der Waals surface area contributed by atoms with Crippen molar-refractivity contribution in [3.63, 3.8) is 0 Å². The van der Waals surface area contributed by atoms with Gasteiger partial charge in [0.1, 0.15) is 0 Å². The first-order valence-electron chi connectivity index (χ1n) is 3.09. The molecule has 2 N–H and O–H groups in total. The van der Waals surface area contributed by atoms with Crippen LogP contribution in [0.3, 0.4) is 0 Å². The van der Waals surface area contributed by atoms with E-state index in [4.69, 9.17) is 5.11 Å². The van der Waals surface area contributed by atoms with Crippen molar-refractivity contribution in [1.29, 1.82) is 0 Å². The Hall–Kier alpha value is -0.900. The van der Waals surface area contributed by atoms with E-state index in [1.54, 1.807) is 0 Å². The molecule has 1 saturated heterocycles. The van der Waals surface area contributed by atoms with E-state index in [0.717, 1.165) is 0 Å². The Morgan fingerprint density at radius 1 is 1.80 bits per heavy atom. The van der Waals surface area contributed by atoms with Crippen molar-refractivity contribution in [2.24, 2.45) is 0 Å². The minimum absolute atomic E-state index is 0.236. The number of hydrogen-bond acceptors (Lipinski definition) is 3. The van der Waals surface area contributed by atoms with Crippen molar-refractivity contribution in [2.75, 3.05) is 6.54 Å². The number of ketones is 1. The lowest BCUT2D eigenvalue weighted by Crippen LogP contribution is -2.49. The fourth-order valence-electron chi connectivity index (χ4n) is 0.969. The molecule has 0 unspecified atom stereocenters. The summed E-state index contributed by atoms with van der Waals surface area (Å²) in [6.07, 6.45) is 0.322. The second-order valence-corrected chi connectivity index (χ2v) is 2.53. The lowest BCUT2D eigenvalue weighted by atomic mass is 10.00. The molecule has 0 saturated carbocycles. The van der Waals surface area contributed by atoms with Crippen LogP contribution in [0.15, 0.2) is 0 Å². The third kappa shape index (κ3) is 0.806. The highest BCUT2D eigenvalue weighted by Gasteiger charge is 2.43. The molecule has 0 aromatic heterocycles. The van der Waals surface area contributed by atoms with Crippen LogP contribution in [-0.4, -0.2) is 28.9 Å². The molecule has 0 aromatic carbocycles. The summed E-state index contributed by atoms with van der Waals surface area (Å²) in [6, 6.07) is 0. The highest BCUT2D eigenvalue weighted by Crippen LogP contribution is 2.13. The standard InChI is InChI=1S/C6H9NO3/c1-6(5(9)10)4(8)2-3-7-6/h7H,2-3H2,1H3,(H,9,10)/t6-/m0/s1. The molecule has 4 heteroatoms. The fraction of sp³-hybridized carbons (Fsp3) is 0.667. The number of rotatable bonds is 1. The van der Waals surface area contributed by atoms with Crippen LogP contribution in [0.1, 0.15) is 13.3 Å². The van der Waals surface area contributed by atoms with E-state index in [-0.39, 0.29) is 5.78 Å². The number of hydrogen-bond donors (Lipinski definition) is 2. The SMILES string of the molecule is C[C@]1(C(=O)O)NCCC1=O. The summed E-state index contributed by atoms with van der Waals surface area (Å²) in [7, 11) is 0. The number of nitrogens with one attached hydrogen (secondary N) is 1. The highest BCUT2D eigenvalue weighted by atomic mass is 16.4. The average Bonchev–Trinajstić information content (AvgIpc) is 2.15. The van der Waals surface area contributed by atoms with Crippen LogP contribution in [0.4, 0.5) is 0 Å². The Labute approximate surface area is 58.2 Å². The zero-order valence-corrected chi connectivity index (χ0v) is 5.68. The van der Waals surface area contributed by atoms with E-state index in [1.165, 1.54) is 6.92 Å². The molecule has 10 heavy (non-hydrogen) atoms. The maximum Gasteiger partial charge on any atom is 0.331 e. The molecular weight excluding hydrogens is 134 g/mol. The van der Waals surface area contributed by atoms with E-state index < -0.39 is 11.5 Å². The molecule has 0 amide bonds. The smallest absolute Gasteiger partial charge is 0.331 e. The number of carboxylic acid groups (broad SMARTS) is 1. The highest BCUT2D eigenvalue weighted by molar-refractivity contribution is 6.08. The molecule has 1 aliphatic heterocycles. The molecular formula is C6H9NO3. The minimum atomic E-state index is -1.32. The van der Waals surface area contributed by atoms with Crippen LogP contribution in [0.25, 0.3) is 0 Å². The van der Waals surface area contributed by atoms with Gasteiger partial charge in [-0.15, -0.1) is 0 Å². The largest absolute Gasteiger partial charge is 0.480 e. The van der Waals surface area contributed by atoms with Gasteiger partial charge in [0.05, 0.1) is 0 Å². The Balaban J connectivity index is 2.86. The number of aliphatic carboxylic acids is 1. The van der Waals surface area contributed by atoms with Crippen molar-refractivity contribution in [3.05, 3.63) is 0 Å². The summed E-state index contributed by atoms with van der Waals surface area (Å²) < 4.78 is 0. The van der Waals surface area contributed by atoms with Crippen LogP contribution < -0.4 is 5.32 Å². The lowest BCUT2D eigenvalue weighted by Gasteiger charge is -2.15. The van der Waals surface area contributed by atoms with Crippen LogP contribution in [-0.2, 0) is 9.59 Å². The van der Waals surface area contributed by atoms with Gasteiger partial charge in [-0.2, -0.15) is 0 Å². The van der Waals surface area contributed by atoms with Gasteiger partial charge in [0.15, 0.2) is 11.3 Å². The first-order valence-corrected chi connectivity index (χ1v) is 3.09. The van der Waals surface area contributed by atoms with E-state index >= 15 is 0 Å². The van der Waals surface area contributed by atoms with Gasteiger partial charge in [0, 0.05) is 13.0 Å². The van der Waals surface area contributed by atoms with Crippen molar-refractivity contribution in [1.82, 2.24) is 5.32 Å². The third-order valence-corrected chi connectivity index (χ3v) is 1.82. The Morgan fingerprint density at radius 3 is 2.60 bits per heavy atom. The predicted octanol–water partition coefficient (Wildman–Crippen LogP) is -0.608. The molecule has 1 rings (SSSR count). The quantitative estimate of drug-likeness (QED) is 0.481. The van der Waals surface area contributed by atoms with Crippen LogP contribution in [0, 0.1) is 0 Å². The Kier molecular flexibility index (Phi) is 1.48. The van der Waals surface area contributed by atoms with Gasteiger partial charge >= 0.3 is 5.97 Å². The van der Waals surface area contributed by atoms with Crippen LogP contribution in [0.5, 0.6) is 0 Å². The molecule has 1 heterocycles. The van der Waals surface area contributed by atoms with Gasteiger partial charge in [-0.1, -0.05) is 0 Å². The molecule has 1 fully saturated rings. The first-order chi connectivity index (χ1) is 4.57. The van der Waals surface area contributed by atoms with Crippen molar-refractivity contribution < 1.29 is 14.7 Å². The van der Waals surface area contributed by atoms with Gasteiger partial charge in [0.25, 0.3) is 0 Å². The molecule has 1 aliphatic rings. The molecule has 1 atom stereocenters. The zero-order chi connectivity index (χ0) is 7.78. The summed E-state index contributed by atoms with van der Waals surface area (Å²) >= 11 is 0. The summed E-state index contributed by atoms with van der Waals surface area (Å²) in [5, 5.41) is 11.2. The summed E-state index contributed by atoms with van der Waals surface area (Å²) in [6.45, 7) is 1.87.